The van der Waals surface area contributed by atoms with Crippen LogP contribution in [0.4, 0.5) is 5.69 Å². The van der Waals surface area contributed by atoms with Crippen LogP contribution in [0.5, 0.6) is 5.88 Å². The molecule has 1 heterocycles. The van der Waals surface area contributed by atoms with E-state index in [1.807, 2.05) is 13.8 Å². The van der Waals surface area contributed by atoms with Gasteiger partial charge < -0.3 is 31.9 Å². The van der Waals surface area contributed by atoms with Gasteiger partial charge in [-0.3, -0.25) is 24.1 Å². The maximum Gasteiger partial charge on any atom is 0.336 e. The van der Waals surface area contributed by atoms with E-state index >= 15 is 0 Å². The van der Waals surface area contributed by atoms with Crippen molar-refractivity contribution in [2.45, 2.75) is 33.2 Å². The Balaban J connectivity index is 0.00000109. The normalized spacial score (nSPS) is 11.5. The van der Waals surface area contributed by atoms with Crippen molar-refractivity contribution < 1.29 is 50.2 Å². The van der Waals surface area contributed by atoms with E-state index in [0.29, 0.717) is 43.3 Å². The van der Waals surface area contributed by atoms with Crippen LogP contribution in [0.2, 0.25) is 0 Å². The van der Waals surface area contributed by atoms with E-state index in [1.54, 1.807) is 43.3 Å². The van der Waals surface area contributed by atoms with Crippen LogP contribution in [0, 0.1) is 11.3 Å². The summed E-state index contributed by atoms with van der Waals surface area (Å²) in [6.07, 6.45) is 2.01. The highest BCUT2D eigenvalue weighted by Crippen LogP contribution is 2.30. The van der Waals surface area contributed by atoms with Gasteiger partial charge >= 0.3 is 5.97 Å². The summed E-state index contributed by atoms with van der Waals surface area (Å²) < 4.78 is 57.2. The molecular weight excluding hydrogens is 697 g/mol. The number of pyridine rings is 1. The van der Waals surface area contributed by atoms with E-state index in [9.17, 15) is 36.3 Å². The lowest BCUT2D eigenvalue weighted by molar-refractivity contribution is 0.0697. The number of hydrogen-bond donors (Lipinski definition) is 8. The molecule has 17 nitrogen and oxygen atoms in total. The van der Waals surface area contributed by atoms with Crippen molar-refractivity contribution in [3.8, 4) is 17.0 Å². The van der Waals surface area contributed by atoms with Crippen LogP contribution in [-0.4, -0.2) is 91.4 Å². The molecule has 1 aromatic heterocycles. The number of amidine groups is 1. The molecule has 2 aromatic carbocycles. The van der Waals surface area contributed by atoms with Crippen LogP contribution in [-0.2, 0) is 20.2 Å². The van der Waals surface area contributed by atoms with Gasteiger partial charge in [0, 0.05) is 34.5 Å². The minimum absolute atomic E-state index is 0.0656. The number of carbonyl (C=O) groups excluding carboxylic acids is 2. The molecule has 0 saturated carbocycles. The number of carbonyl (C=O) groups is 3. The standard InChI is InChI=1S/C29H34N6O5.2CH4O3S/c1-4-40-24-12-11-21(25(35-24)28(37)33-19-8-5-17(6-9-19)26(31)32)20-10-7-18(15-22(20)29(38)39)27(36)34-23(13-14-30)16(2)3;2*1-5(2,3)4/h5-12,15-16,23H,4,13-14,30H2,1-3H3,(H3,31,32)(H,33,37)(H,34,36)(H,38,39);2*1H3,(H,2,3,4)/t23-;;/m0../s1. The predicted octanol–water partition coefficient (Wildman–Crippen LogP) is 2.49. The summed E-state index contributed by atoms with van der Waals surface area (Å²) in [5, 5.41) is 23.2. The lowest BCUT2D eigenvalue weighted by atomic mass is 9.95. The molecule has 0 aliphatic heterocycles. The third-order valence-corrected chi connectivity index (χ3v) is 6.23. The first-order valence-electron chi connectivity index (χ1n) is 14.7. The number of anilines is 1. The summed E-state index contributed by atoms with van der Waals surface area (Å²) in [5.74, 6) is -2.07. The Labute approximate surface area is 290 Å². The van der Waals surface area contributed by atoms with Crippen LogP contribution in [0.15, 0.2) is 54.6 Å². The van der Waals surface area contributed by atoms with Gasteiger partial charge in [-0.05, 0) is 73.8 Å². The van der Waals surface area contributed by atoms with E-state index in [1.165, 1.54) is 18.2 Å². The fraction of sp³-hybridized carbons (Fsp3) is 0.323. The van der Waals surface area contributed by atoms with Gasteiger partial charge in [-0.25, -0.2) is 9.78 Å². The van der Waals surface area contributed by atoms with Gasteiger partial charge in [0.2, 0.25) is 5.88 Å². The zero-order valence-corrected chi connectivity index (χ0v) is 29.6. The summed E-state index contributed by atoms with van der Waals surface area (Å²) in [7, 11) is -7.33. The predicted molar refractivity (Wildman–Crippen MR) is 188 cm³/mol. The Morgan fingerprint density at radius 3 is 1.88 bits per heavy atom. The van der Waals surface area contributed by atoms with Crippen molar-refractivity contribution in [3.05, 3.63) is 77.0 Å². The van der Waals surface area contributed by atoms with E-state index in [2.05, 4.69) is 15.6 Å². The van der Waals surface area contributed by atoms with Crippen molar-refractivity contribution in [3.63, 3.8) is 0 Å². The molecule has 0 saturated heterocycles. The number of amides is 2. The van der Waals surface area contributed by atoms with E-state index in [-0.39, 0.29) is 51.6 Å². The molecule has 0 spiro atoms. The molecule has 0 unspecified atom stereocenters. The number of rotatable bonds is 12. The molecule has 0 aliphatic carbocycles. The molecule has 10 N–H and O–H groups in total. The van der Waals surface area contributed by atoms with Crippen molar-refractivity contribution >= 4 is 49.5 Å². The molecule has 1 atom stereocenters. The highest BCUT2D eigenvalue weighted by molar-refractivity contribution is 7.85. The molecule has 50 heavy (non-hydrogen) atoms. The number of nitrogens with two attached hydrogens (primary N) is 2. The average molecular weight is 739 g/mol. The Morgan fingerprint density at radius 1 is 0.900 bits per heavy atom. The Kier molecular flexibility index (Phi) is 16.6. The van der Waals surface area contributed by atoms with Gasteiger partial charge in [0.15, 0.2) is 0 Å². The number of ether oxygens (including phenoxy) is 1. The van der Waals surface area contributed by atoms with E-state index in [0.717, 1.165) is 0 Å². The molecule has 19 heteroatoms. The highest BCUT2D eigenvalue weighted by atomic mass is 32.2. The fourth-order valence-corrected chi connectivity index (χ4v) is 4.08. The molecule has 0 bridgehead atoms. The number of nitrogens with one attached hydrogen (secondary N) is 3. The molecular formula is C31H42N6O11S2. The van der Waals surface area contributed by atoms with Crippen LogP contribution >= 0.6 is 0 Å². The zero-order valence-electron chi connectivity index (χ0n) is 28.0. The summed E-state index contributed by atoms with van der Waals surface area (Å²) in [6.45, 7) is 6.42. The fourth-order valence-electron chi connectivity index (χ4n) is 4.08. The van der Waals surface area contributed by atoms with Crippen LogP contribution in [0.1, 0.15) is 64.0 Å². The first-order chi connectivity index (χ1) is 23.0. The number of carboxylic acid groups (broad SMARTS) is 1. The third-order valence-electron chi connectivity index (χ3n) is 6.23. The third kappa shape index (κ3) is 16.0. The Morgan fingerprint density at radius 2 is 1.42 bits per heavy atom. The van der Waals surface area contributed by atoms with Gasteiger partial charge in [-0.1, -0.05) is 19.9 Å². The van der Waals surface area contributed by atoms with Crippen molar-refractivity contribution in [1.29, 1.82) is 5.41 Å². The van der Waals surface area contributed by atoms with Gasteiger partial charge in [0.05, 0.1) is 24.7 Å². The van der Waals surface area contributed by atoms with Crippen molar-refractivity contribution in [1.82, 2.24) is 10.3 Å². The second-order valence-electron chi connectivity index (χ2n) is 10.9. The number of nitrogen functional groups attached to an aromatic ring is 1. The lowest BCUT2D eigenvalue weighted by Crippen LogP contribution is -2.40. The monoisotopic (exact) mass is 738 g/mol. The maximum absolute atomic E-state index is 13.4. The van der Waals surface area contributed by atoms with Crippen LogP contribution in [0.3, 0.4) is 0 Å². The largest absolute Gasteiger partial charge is 0.478 e. The average Bonchev–Trinajstić information content (AvgIpc) is 2.99. The molecule has 0 fully saturated rings. The SMILES string of the molecule is CCOc1ccc(-c2ccc(C(=O)N[C@@H](CCN)C(C)C)cc2C(=O)O)c(C(=O)Nc2ccc(C(=N)N)cc2)n1.CS(=O)(=O)O.CS(=O)(=O)O. The molecule has 0 aliphatic rings. The number of benzene rings is 2. The summed E-state index contributed by atoms with van der Waals surface area (Å²) in [6, 6.07) is 13.6. The number of aromatic nitrogens is 1. The van der Waals surface area contributed by atoms with Crippen LogP contribution in [0.25, 0.3) is 11.1 Å². The van der Waals surface area contributed by atoms with Gasteiger partial charge in [-0.2, -0.15) is 16.8 Å². The van der Waals surface area contributed by atoms with E-state index < -0.39 is 38.0 Å². The zero-order chi connectivity index (χ0) is 38.4. The second-order valence-corrected chi connectivity index (χ2v) is 13.8. The van der Waals surface area contributed by atoms with Gasteiger partial charge in [-0.15, -0.1) is 0 Å². The summed E-state index contributed by atoms with van der Waals surface area (Å²) in [4.78, 5) is 43.0. The summed E-state index contributed by atoms with van der Waals surface area (Å²) >= 11 is 0. The van der Waals surface area contributed by atoms with Gasteiger partial charge in [0.25, 0.3) is 32.1 Å². The molecule has 3 rings (SSSR count). The number of nitrogens with zero attached hydrogens (tertiary/aromatic N) is 1. The minimum Gasteiger partial charge on any atom is -0.478 e. The first kappa shape index (κ1) is 43.1. The lowest BCUT2D eigenvalue weighted by Gasteiger charge is -2.22. The second kappa shape index (κ2) is 19.3. The number of carboxylic acids is 1. The molecule has 2 amide bonds. The minimum atomic E-state index is -3.67. The number of aromatic carboxylic acids is 1. The molecule has 0 radical (unpaired) electrons. The van der Waals surface area contributed by atoms with Crippen molar-refractivity contribution in [2.75, 3.05) is 31.0 Å². The van der Waals surface area contributed by atoms with Crippen molar-refractivity contribution in [2.24, 2.45) is 17.4 Å². The number of hydrogen-bond acceptors (Lipinski definition) is 11. The maximum atomic E-state index is 13.4. The van der Waals surface area contributed by atoms with Crippen LogP contribution < -0.4 is 26.8 Å². The highest BCUT2D eigenvalue weighted by Gasteiger charge is 2.23. The topological polar surface area (TPSA) is 302 Å². The summed E-state index contributed by atoms with van der Waals surface area (Å²) in [5.41, 5.74) is 12.5. The molecule has 3 aromatic rings. The smallest absolute Gasteiger partial charge is 0.336 e. The van der Waals surface area contributed by atoms with Gasteiger partial charge in [0.1, 0.15) is 11.5 Å². The van der Waals surface area contributed by atoms with E-state index in [4.69, 9.17) is 30.7 Å². The first-order valence-corrected chi connectivity index (χ1v) is 18.4. The Hall–Kier alpha value is -4.95. The Bertz CT molecular complexity index is 1840. The quantitative estimate of drug-likeness (QED) is 0.0752. The molecule has 274 valence electrons.